The van der Waals surface area contributed by atoms with E-state index in [-0.39, 0.29) is 0 Å². The lowest BCUT2D eigenvalue weighted by Crippen LogP contribution is -2.30. The van der Waals surface area contributed by atoms with E-state index in [2.05, 4.69) is 48.3 Å². The molecule has 1 aliphatic carbocycles. The van der Waals surface area contributed by atoms with Gasteiger partial charge in [0.15, 0.2) is 0 Å². The minimum atomic E-state index is 1.06. The van der Waals surface area contributed by atoms with Gasteiger partial charge in [-0.2, -0.15) is 0 Å². The van der Waals surface area contributed by atoms with Gasteiger partial charge < -0.3 is 4.90 Å². The fourth-order valence-electron chi connectivity index (χ4n) is 2.23. The first-order valence-corrected chi connectivity index (χ1v) is 6.33. The van der Waals surface area contributed by atoms with Gasteiger partial charge in [0.1, 0.15) is 0 Å². The summed E-state index contributed by atoms with van der Waals surface area (Å²) in [6.45, 7) is 5.90. The summed E-state index contributed by atoms with van der Waals surface area (Å²) in [5.74, 6) is 0. The van der Waals surface area contributed by atoms with Gasteiger partial charge in [0.25, 0.3) is 0 Å². The maximum absolute atomic E-state index is 2.52. The number of hydrogen-bond acceptors (Lipinski definition) is 1. The summed E-state index contributed by atoms with van der Waals surface area (Å²) in [6.07, 6.45) is 16.9. The highest BCUT2D eigenvalue weighted by molar-refractivity contribution is 5.38. The van der Waals surface area contributed by atoms with E-state index in [1.165, 1.54) is 38.0 Å². The lowest BCUT2D eigenvalue weighted by atomic mass is 10.0. The van der Waals surface area contributed by atoms with E-state index in [1.54, 1.807) is 5.57 Å². The summed E-state index contributed by atoms with van der Waals surface area (Å²) in [4.78, 5) is 2.52. The molecular formula is C15H21N. The second kappa shape index (κ2) is 5.86. The molecule has 1 aliphatic heterocycles. The minimum absolute atomic E-state index is 1.06. The Morgan fingerprint density at radius 1 is 1.25 bits per heavy atom. The summed E-state index contributed by atoms with van der Waals surface area (Å²) >= 11 is 0. The molecule has 2 aliphatic rings. The maximum Gasteiger partial charge on any atom is 0.00187 e. The summed E-state index contributed by atoms with van der Waals surface area (Å²) in [5, 5.41) is 0. The Kier molecular flexibility index (Phi) is 4.17. The Labute approximate surface area is 98.8 Å². The van der Waals surface area contributed by atoms with Crippen LogP contribution in [-0.4, -0.2) is 24.5 Å². The van der Waals surface area contributed by atoms with E-state index >= 15 is 0 Å². The molecule has 0 N–H and O–H groups in total. The normalized spacial score (nSPS) is 21.8. The van der Waals surface area contributed by atoms with Crippen molar-refractivity contribution in [2.45, 2.75) is 26.2 Å². The number of allylic oxidation sites excluding steroid dienone is 7. The zero-order valence-corrected chi connectivity index (χ0v) is 10.2. The molecule has 1 nitrogen and oxygen atoms in total. The molecule has 1 fully saturated rings. The number of nitrogens with zero attached hydrogens (tertiary/aromatic N) is 1. The molecule has 0 radical (unpaired) electrons. The van der Waals surface area contributed by atoms with Gasteiger partial charge in [0.2, 0.25) is 0 Å². The van der Waals surface area contributed by atoms with Crippen molar-refractivity contribution in [1.82, 2.24) is 4.90 Å². The maximum atomic E-state index is 2.52. The van der Waals surface area contributed by atoms with Gasteiger partial charge in [-0.25, -0.2) is 0 Å². The molecule has 0 aromatic rings. The molecule has 0 unspecified atom stereocenters. The molecule has 1 heterocycles. The van der Waals surface area contributed by atoms with E-state index in [0.29, 0.717) is 0 Å². The molecule has 0 saturated carbocycles. The van der Waals surface area contributed by atoms with Crippen molar-refractivity contribution < 1.29 is 0 Å². The number of likely N-dealkylation sites (tertiary alicyclic amines) is 1. The van der Waals surface area contributed by atoms with Crippen molar-refractivity contribution >= 4 is 0 Å². The Morgan fingerprint density at radius 2 is 2.06 bits per heavy atom. The quantitative estimate of drug-likeness (QED) is 0.681. The highest BCUT2D eigenvalue weighted by Gasteiger charge is 2.11. The Bertz CT molecular complexity index is 334. The van der Waals surface area contributed by atoms with E-state index in [0.717, 1.165) is 6.42 Å². The number of rotatable bonds is 2. The predicted octanol–water partition coefficient (Wildman–Crippen LogP) is 3.47. The van der Waals surface area contributed by atoms with Crippen molar-refractivity contribution in [3.8, 4) is 0 Å². The van der Waals surface area contributed by atoms with Crippen LogP contribution in [0.3, 0.4) is 0 Å². The molecule has 1 saturated heterocycles. The van der Waals surface area contributed by atoms with Gasteiger partial charge in [-0.05, 0) is 31.4 Å². The Morgan fingerprint density at radius 3 is 2.81 bits per heavy atom. The molecule has 0 aromatic heterocycles. The second-order valence-electron chi connectivity index (χ2n) is 4.47. The van der Waals surface area contributed by atoms with Gasteiger partial charge in [-0.15, -0.1) is 0 Å². The average molecular weight is 215 g/mol. The van der Waals surface area contributed by atoms with E-state index in [4.69, 9.17) is 0 Å². The Hall–Kier alpha value is -1.08. The molecule has 2 rings (SSSR count). The first-order chi connectivity index (χ1) is 7.88. The van der Waals surface area contributed by atoms with Gasteiger partial charge >= 0.3 is 0 Å². The summed E-state index contributed by atoms with van der Waals surface area (Å²) < 4.78 is 0. The molecule has 0 amide bonds. The van der Waals surface area contributed by atoms with Crippen LogP contribution < -0.4 is 0 Å². The molecule has 0 atom stereocenters. The van der Waals surface area contributed by atoms with E-state index in [9.17, 15) is 0 Å². The van der Waals surface area contributed by atoms with Crippen LogP contribution in [0.15, 0.2) is 47.6 Å². The summed E-state index contributed by atoms with van der Waals surface area (Å²) in [5.41, 5.74) is 2.96. The van der Waals surface area contributed by atoms with Crippen LogP contribution in [0.4, 0.5) is 0 Å². The fourth-order valence-corrected chi connectivity index (χ4v) is 2.23. The summed E-state index contributed by atoms with van der Waals surface area (Å²) in [7, 11) is 0. The predicted molar refractivity (Wildman–Crippen MR) is 70.4 cm³/mol. The van der Waals surface area contributed by atoms with Gasteiger partial charge in [-0.1, -0.05) is 49.0 Å². The largest absolute Gasteiger partial charge is 0.303 e. The minimum Gasteiger partial charge on any atom is -0.303 e. The van der Waals surface area contributed by atoms with Crippen molar-refractivity contribution in [1.29, 1.82) is 0 Å². The van der Waals surface area contributed by atoms with Crippen LogP contribution >= 0.6 is 0 Å². The third-order valence-corrected chi connectivity index (χ3v) is 3.32. The highest BCUT2D eigenvalue weighted by Crippen LogP contribution is 2.19. The van der Waals surface area contributed by atoms with E-state index in [1.807, 2.05) is 0 Å². The summed E-state index contributed by atoms with van der Waals surface area (Å²) in [6, 6.07) is 0. The lowest BCUT2D eigenvalue weighted by molar-refractivity contribution is 0.270. The van der Waals surface area contributed by atoms with Crippen LogP contribution in [-0.2, 0) is 0 Å². The average Bonchev–Trinajstić information content (AvgIpc) is 2.59. The first-order valence-electron chi connectivity index (χ1n) is 6.33. The van der Waals surface area contributed by atoms with Crippen molar-refractivity contribution in [2.75, 3.05) is 19.6 Å². The van der Waals surface area contributed by atoms with E-state index < -0.39 is 0 Å². The highest BCUT2D eigenvalue weighted by atomic mass is 15.1. The third-order valence-electron chi connectivity index (χ3n) is 3.32. The Balaban J connectivity index is 1.97. The molecule has 0 bridgehead atoms. The first kappa shape index (κ1) is 11.4. The zero-order chi connectivity index (χ0) is 11.2. The van der Waals surface area contributed by atoms with Crippen molar-refractivity contribution in [2.24, 2.45) is 0 Å². The third kappa shape index (κ3) is 3.21. The van der Waals surface area contributed by atoms with Crippen LogP contribution in [0.2, 0.25) is 0 Å². The van der Waals surface area contributed by atoms with Gasteiger partial charge in [0, 0.05) is 13.1 Å². The number of piperidine rings is 1. The van der Waals surface area contributed by atoms with Gasteiger partial charge in [0.05, 0.1) is 0 Å². The topological polar surface area (TPSA) is 3.24 Å². The smallest absolute Gasteiger partial charge is 0.00187 e. The van der Waals surface area contributed by atoms with Crippen molar-refractivity contribution in [3.63, 3.8) is 0 Å². The van der Waals surface area contributed by atoms with Crippen LogP contribution in [0.1, 0.15) is 26.2 Å². The lowest BCUT2D eigenvalue weighted by Gasteiger charge is -2.26. The second-order valence-corrected chi connectivity index (χ2v) is 4.47. The van der Waals surface area contributed by atoms with Crippen molar-refractivity contribution in [3.05, 3.63) is 47.6 Å². The van der Waals surface area contributed by atoms with Crippen LogP contribution in [0, 0.1) is 0 Å². The van der Waals surface area contributed by atoms with Crippen LogP contribution in [0.25, 0.3) is 0 Å². The molecule has 1 heteroatoms. The molecule has 0 spiro atoms. The molecule has 0 aromatic carbocycles. The van der Waals surface area contributed by atoms with Crippen LogP contribution in [0.5, 0.6) is 0 Å². The molecule has 16 heavy (non-hydrogen) atoms. The van der Waals surface area contributed by atoms with Gasteiger partial charge in [-0.3, -0.25) is 0 Å². The molecular weight excluding hydrogens is 194 g/mol. The number of hydrogen-bond donors (Lipinski definition) is 0. The monoisotopic (exact) mass is 215 g/mol. The fraction of sp³-hybridized carbons (Fsp3) is 0.467. The zero-order valence-electron chi connectivity index (χ0n) is 10.2. The standard InChI is InChI=1S/C15H21N/c1-2-16-11-9-15(10-12-16)13-14-7-5-3-4-6-8-14/h3,5-8,13H,2,4,9-12H2,1H3. The molecule has 86 valence electrons. The SMILES string of the molecule is CCN1CCC(=CC2=CC=CCC=C2)CC1.